The predicted molar refractivity (Wildman–Crippen MR) is 123 cm³/mol. The molecule has 0 radical (unpaired) electrons. The van der Waals surface area contributed by atoms with Crippen LogP contribution in [0.4, 0.5) is 5.69 Å². The Bertz CT molecular complexity index is 1160. The molecule has 0 unspecified atom stereocenters. The summed E-state index contributed by atoms with van der Waals surface area (Å²) in [7, 11) is 0. The molecule has 0 saturated carbocycles. The van der Waals surface area contributed by atoms with Crippen LogP contribution in [0.25, 0.3) is 5.69 Å². The predicted octanol–water partition coefficient (Wildman–Crippen LogP) is 4.97. The van der Waals surface area contributed by atoms with Gasteiger partial charge < -0.3 is 14.6 Å². The van der Waals surface area contributed by atoms with Gasteiger partial charge in [-0.25, -0.2) is 4.79 Å². The Hall–Kier alpha value is -3.78. The Morgan fingerprint density at radius 3 is 2.29 bits per heavy atom. The number of benzene rings is 2. The molecule has 0 aliphatic carbocycles. The number of aromatic nitrogens is 1. The van der Waals surface area contributed by atoms with Crippen molar-refractivity contribution >= 4 is 17.6 Å². The summed E-state index contributed by atoms with van der Waals surface area (Å²) in [5.74, 6) is 5.32. The summed E-state index contributed by atoms with van der Waals surface area (Å²) < 4.78 is 1.75. The van der Waals surface area contributed by atoms with Crippen molar-refractivity contribution in [1.29, 1.82) is 0 Å². The number of β-lactam (4-membered cyclic amide) rings is 1. The fraction of sp³-hybridized carbons (Fsp3) is 0.231. The Balaban J connectivity index is 0.00000132. The molecule has 3 aromatic rings. The van der Waals surface area contributed by atoms with Crippen LogP contribution in [0, 0.1) is 17.3 Å². The van der Waals surface area contributed by atoms with Crippen molar-refractivity contribution < 1.29 is 14.7 Å². The molecule has 1 N–H and O–H groups in total. The summed E-state index contributed by atoms with van der Waals surface area (Å²) in [6.07, 6.45) is 3.59. The first-order chi connectivity index (χ1) is 14.9. The molecule has 1 aliphatic rings. The van der Waals surface area contributed by atoms with Gasteiger partial charge in [-0.15, -0.1) is 0 Å². The van der Waals surface area contributed by atoms with Gasteiger partial charge in [0, 0.05) is 35.8 Å². The van der Waals surface area contributed by atoms with Crippen molar-refractivity contribution in [2.24, 2.45) is 5.41 Å². The molecule has 2 aromatic carbocycles. The average Bonchev–Trinajstić information content (AvgIpc) is 3.31. The van der Waals surface area contributed by atoms with Crippen LogP contribution in [-0.2, 0) is 4.79 Å². The fourth-order valence-electron chi connectivity index (χ4n) is 3.49. The Morgan fingerprint density at radius 2 is 1.68 bits per heavy atom. The number of nitrogens with zero attached hydrogens (tertiary/aromatic N) is 2. The normalized spacial score (nSPS) is 13.9. The number of hydrogen-bond acceptors (Lipinski definition) is 2. The zero-order valence-electron chi connectivity index (χ0n) is 18.2. The van der Waals surface area contributed by atoms with Gasteiger partial charge in [-0.3, -0.25) is 4.79 Å². The second-order valence-electron chi connectivity index (χ2n) is 7.67. The van der Waals surface area contributed by atoms with Crippen LogP contribution in [0.15, 0.2) is 67.0 Å². The minimum absolute atomic E-state index is 0.103. The van der Waals surface area contributed by atoms with E-state index in [4.69, 9.17) is 0 Å². The zero-order valence-corrected chi connectivity index (χ0v) is 18.2. The van der Waals surface area contributed by atoms with Crippen LogP contribution < -0.4 is 4.90 Å². The first-order valence-electron chi connectivity index (χ1n) is 10.3. The van der Waals surface area contributed by atoms with E-state index >= 15 is 0 Å². The number of hydrogen-bond donors (Lipinski definition) is 1. The minimum Gasteiger partial charge on any atom is -0.478 e. The first kappa shape index (κ1) is 21.9. The topological polar surface area (TPSA) is 62.5 Å². The van der Waals surface area contributed by atoms with Gasteiger partial charge in [-0.05, 0) is 56.3 Å². The van der Waals surface area contributed by atoms with Crippen LogP contribution in [-0.4, -0.2) is 28.1 Å². The van der Waals surface area contributed by atoms with Crippen molar-refractivity contribution in [3.63, 3.8) is 0 Å². The summed E-state index contributed by atoms with van der Waals surface area (Å²) in [5.41, 5.74) is 2.62. The van der Waals surface area contributed by atoms with E-state index in [1.54, 1.807) is 40.1 Å². The molecule has 4 rings (SSSR count). The minimum atomic E-state index is -1.00. The second-order valence-corrected chi connectivity index (χ2v) is 7.67. The van der Waals surface area contributed by atoms with Crippen LogP contribution >= 0.6 is 0 Å². The lowest BCUT2D eigenvalue weighted by molar-refractivity contribution is -0.132. The summed E-state index contributed by atoms with van der Waals surface area (Å²) in [6.45, 7) is 8.56. The Morgan fingerprint density at radius 1 is 1.00 bits per heavy atom. The maximum absolute atomic E-state index is 12.3. The molecule has 1 aliphatic heterocycles. The van der Waals surface area contributed by atoms with Crippen molar-refractivity contribution in [2.45, 2.75) is 27.7 Å². The van der Waals surface area contributed by atoms with Gasteiger partial charge in [-0.2, -0.15) is 0 Å². The molecule has 0 spiro atoms. The number of carboxylic acid groups (broad SMARTS) is 1. The zero-order chi connectivity index (χ0) is 22.6. The number of carbonyl (C=O) groups excluding carboxylic acids is 1. The quantitative estimate of drug-likeness (QED) is 0.486. The number of anilines is 1. The fourth-order valence-corrected chi connectivity index (χ4v) is 3.49. The van der Waals surface area contributed by atoms with Gasteiger partial charge in [0.15, 0.2) is 0 Å². The number of carbonyl (C=O) groups is 2. The third-order valence-electron chi connectivity index (χ3n) is 5.01. The highest BCUT2D eigenvalue weighted by atomic mass is 16.4. The number of para-hydroxylation sites is 1. The monoisotopic (exact) mass is 414 g/mol. The molecule has 1 fully saturated rings. The molecule has 0 atom stereocenters. The molecular formula is C26H26N2O3. The highest BCUT2D eigenvalue weighted by Crippen LogP contribution is 2.35. The van der Waals surface area contributed by atoms with E-state index in [-0.39, 0.29) is 16.9 Å². The third-order valence-corrected chi connectivity index (χ3v) is 5.01. The van der Waals surface area contributed by atoms with E-state index in [0.717, 1.165) is 11.3 Å². The van der Waals surface area contributed by atoms with E-state index in [1.165, 1.54) is 0 Å². The van der Waals surface area contributed by atoms with Crippen molar-refractivity contribution in [1.82, 2.24) is 4.57 Å². The maximum atomic E-state index is 12.3. The van der Waals surface area contributed by atoms with Crippen LogP contribution in [0.3, 0.4) is 0 Å². The van der Waals surface area contributed by atoms with E-state index in [1.807, 2.05) is 64.1 Å². The molecule has 5 nitrogen and oxygen atoms in total. The van der Waals surface area contributed by atoms with Gasteiger partial charge in [0.2, 0.25) is 5.91 Å². The summed E-state index contributed by atoms with van der Waals surface area (Å²) in [6, 6.07) is 16.3. The molecule has 1 aromatic heterocycles. The van der Waals surface area contributed by atoms with Crippen molar-refractivity contribution in [3.8, 4) is 17.5 Å². The van der Waals surface area contributed by atoms with Crippen LogP contribution in [0.2, 0.25) is 0 Å². The third kappa shape index (κ3) is 4.39. The summed E-state index contributed by atoms with van der Waals surface area (Å²) in [5, 5.41) is 9.57. The van der Waals surface area contributed by atoms with Crippen molar-refractivity contribution in [3.05, 3.63) is 83.7 Å². The molecule has 158 valence electrons. The maximum Gasteiger partial charge on any atom is 0.337 e. The number of aromatic carboxylic acids is 1. The van der Waals surface area contributed by atoms with Gasteiger partial charge in [0.05, 0.1) is 16.7 Å². The smallest absolute Gasteiger partial charge is 0.337 e. The molecule has 2 heterocycles. The standard InChI is InChI=1S/C24H20N2O3.C2H6/c1-24(2)16-26(23(24)29)19-9-5-7-17(15-19)11-12-18-8-6-10-20(22(27)28)21(18)25-13-3-4-14-25;1-2/h3-10,13-15H,16H2,1-2H3,(H,27,28);1-2H3. The van der Waals surface area contributed by atoms with Gasteiger partial charge >= 0.3 is 5.97 Å². The largest absolute Gasteiger partial charge is 0.478 e. The second kappa shape index (κ2) is 8.93. The molecule has 1 amide bonds. The van der Waals surface area contributed by atoms with Gasteiger partial charge in [0.25, 0.3) is 0 Å². The highest BCUT2D eigenvalue weighted by molar-refractivity contribution is 6.04. The van der Waals surface area contributed by atoms with E-state index < -0.39 is 5.97 Å². The molecule has 31 heavy (non-hydrogen) atoms. The lowest BCUT2D eigenvalue weighted by Crippen LogP contribution is -2.58. The molecule has 5 heteroatoms. The first-order valence-corrected chi connectivity index (χ1v) is 10.3. The van der Waals surface area contributed by atoms with Gasteiger partial charge in [-0.1, -0.05) is 37.8 Å². The Labute approximate surface area is 182 Å². The van der Waals surface area contributed by atoms with E-state index in [2.05, 4.69) is 11.8 Å². The van der Waals surface area contributed by atoms with Crippen molar-refractivity contribution in [2.75, 3.05) is 11.4 Å². The number of amides is 1. The number of rotatable bonds is 3. The SMILES string of the molecule is CC.CC1(C)CN(c2cccc(C#Cc3cccc(C(=O)O)c3-n3cccc3)c2)C1=O. The lowest BCUT2D eigenvalue weighted by atomic mass is 9.82. The van der Waals surface area contributed by atoms with E-state index in [0.29, 0.717) is 17.8 Å². The lowest BCUT2D eigenvalue weighted by Gasteiger charge is -2.44. The molecule has 0 bridgehead atoms. The molecule has 1 saturated heterocycles. The van der Waals surface area contributed by atoms with Crippen LogP contribution in [0.1, 0.15) is 49.2 Å². The average molecular weight is 415 g/mol. The number of carboxylic acids is 1. The molecular weight excluding hydrogens is 388 g/mol. The van der Waals surface area contributed by atoms with E-state index in [9.17, 15) is 14.7 Å². The summed E-state index contributed by atoms with van der Waals surface area (Å²) in [4.78, 5) is 25.7. The Kier molecular flexibility index (Phi) is 6.31. The highest BCUT2D eigenvalue weighted by Gasteiger charge is 2.44. The van der Waals surface area contributed by atoms with Crippen LogP contribution in [0.5, 0.6) is 0 Å². The summed E-state index contributed by atoms with van der Waals surface area (Å²) >= 11 is 0. The van der Waals surface area contributed by atoms with Gasteiger partial charge in [0.1, 0.15) is 0 Å².